The number of nitrogens with one attached hydrogen (secondary N) is 3. The molecule has 0 saturated heterocycles. The predicted octanol–water partition coefficient (Wildman–Crippen LogP) is 3.94. The summed E-state index contributed by atoms with van der Waals surface area (Å²) in [5.41, 5.74) is 1.65. The van der Waals surface area contributed by atoms with Crippen molar-refractivity contribution in [2.24, 2.45) is 0 Å². The van der Waals surface area contributed by atoms with Gasteiger partial charge in [-0.3, -0.25) is 5.41 Å². The number of hydrogen-bond donors (Lipinski definition) is 3. The Labute approximate surface area is 130 Å². The molecule has 0 aliphatic heterocycles. The predicted molar refractivity (Wildman–Crippen MR) is 90.2 cm³/mol. The van der Waals surface area contributed by atoms with Crippen molar-refractivity contribution >= 4 is 17.3 Å². The zero-order chi connectivity index (χ0) is 15.8. The number of anilines is 2. The molecule has 0 atom stereocenters. The maximum atomic E-state index is 7.95. The van der Waals surface area contributed by atoms with E-state index in [0.29, 0.717) is 13.2 Å². The van der Waals surface area contributed by atoms with Gasteiger partial charge in [0.05, 0.1) is 13.2 Å². The van der Waals surface area contributed by atoms with Gasteiger partial charge in [-0.1, -0.05) is 0 Å². The van der Waals surface area contributed by atoms with E-state index in [4.69, 9.17) is 14.9 Å². The van der Waals surface area contributed by atoms with Crippen molar-refractivity contribution in [3.8, 4) is 11.5 Å². The van der Waals surface area contributed by atoms with Crippen LogP contribution in [-0.2, 0) is 0 Å². The van der Waals surface area contributed by atoms with Crippen molar-refractivity contribution in [1.29, 1.82) is 5.41 Å². The first kappa shape index (κ1) is 15.7. The first-order valence-corrected chi connectivity index (χ1v) is 7.29. The molecule has 0 heterocycles. The van der Waals surface area contributed by atoms with Crippen LogP contribution in [0.2, 0.25) is 0 Å². The highest BCUT2D eigenvalue weighted by atomic mass is 16.5. The Kier molecular flexibility index (Phi) is 5.65. The first-order valence-electron chi connectivity index (χ1n) is 7.29. The molecule has 5 nitrogen and oxygen atoms in total. The standard InChI is InChI=1S/C17H21N3O2/c1-3-21-15-9-5-13(6-10-15)19-17(18)20-14-7-11-16(12-8-14)22-4-2/h5-12H,3-4H2,1-2H3,(H3,18,19,20). The molecule has 0 amide bonds. The molecule has 0 aliphatic rings. The van der Waals surface area contributed by atoms with E-state index < -0.39 is 0 Å². The van der Waals surface area contributed by atoms with Crippen molar-refractivity contribution in [2.75, 3.05) is 23.8 Å². The van der Waals surface area contributed by atoms with Gasteiger partial charge in [-0.15, -0.1) is 0 Å². The smallest absolute Gasteiger partial charge is 0.197 e. The van der Waals surface area contributed by atoms with E-state index in [-0.39, 0.29) is 5.96 Å². The lowest BCUT2D eigenvalue weighted by Crippen LogP contribution is -2.20. The summed E-state index contributed by atoms with van der Waals surface area (Å²) in [6.45, 7) is 5.18. The molecule has 22 heavy (non-hydrogen) atoms. The average Bonchev–Trinajstić information content (AvgIpc) is 2.52. The fraction of sp³-hybridized carbons (Fsp3) is 0.235. The molecule has 3 N–H and O–H groups in total. The number of hydrogen-bond acceptors (Lipinski definition) is 3. The summed E-state index contributed by atoms with van der Waals surface area (Å²) < 4.78 is 10.8. The average molecular weight is 299 g/mol. The molecule has 0 unspecified atom stereocenters. The zero-order valence-corrected chi connectivity index (χ0v) is 12.8. The van der Waals surface area contributed by atoms with Crippen molar-refractivity contribution in [2.45, 2.75) is 13.8 Å². The van der Waals surface area contributed by atoms with Gasteiger partial charge in [-0.25, -0.2) is 0 Å². The molecule has 2 aromatic carbocycles. The molecule has 0 radical (unpaired) electrons. The topological polar surface area (TPSA) is 66.4 Å². The maximum absolute atomic E-state index is 7.95. The van der Waals surface area contributed by atoms with Crippen molar-refractivity contribution in [3.63, 3.8) is 0 Å². The summed E-state index contributed by atoms with van der Waals surface area (Å²) in [6.07, 6.45) is 0. The van der Waals surface area contributed by atoms with Crippen LogP contribution in [0.4, 0.5) is 11.4 Å². The van der Waals surface area contributed by atoms with Crippen LogP contribution in [-0.4, -0.2) is 19.2 Å². The van der Waals surface area contributed by atoms with Gasteiger partial charge in [0.2, 0.25) is 0 Å². The summed E-state index contributed by atoms with van der Waals surface area (Å²) in [5, 5.41) is 13.9. The Morgan fingerprint density at radius 1 is 0.773 bits per heavy atom. The monoisotopic (exact) mass is 299 g/mol. The van der Waals surface area contributed by atoms with Gasteiger partial charge in [0.1, 0.15) is 11.5 Å². The summed E-state index contributed by atoms with van der Waals surface area (Å²) in [5.74, 6) is 1.84. The Bertz CT molecular complexity index is 541. The van der Waals surface area contributed by atoms with Crippen molar-refractivity contribution in [1.82, 2.24) is 0 Å². The zero-order valence-electron chi connectivity index (χ0n) is 12.8. The molecule has 0 aromatic heterocycles. The van der Waals surface area contributed by atoms with Gasteiger partial charge in [0, 0.05) is 11.4 Å². The van der Waals surface area contributed by atoms with Crippen LogP contribution >= 0.6 is 0 Å². The lowest BCUT2D eigenvalue weighted by atomic mass is 10.3. The molecule has 0 bridgehead atoms. The van der Waals surface area contributed by atoms with Gasteiger partial charge in [-0.05, 0) is 62.4 Å². The number of guanidine groups is 1. The molecule has 2 aromatic rings. The van der Waals surface area contributed by atoms with Gasteiger partial charge < -0.3 is 20.1 Å². The van der Waals surface area contributed by atoms with Crippen molar-refractivity contribution in [3.05, 3.63) is 48.5 Å². The van der Waals surface area contributed by atoms with Crippen LogP contribution in [0.1, 0.15) is 13.8 Å². The van der Waals surface area contributed by atoms with Crippen molar-refractivity contribution < 1.29 is 9.47 Å². The van der Waals surface area contributed by atoms with E-state index in [1.54, 1.807) is 0 Å². The minimum atomic E-state index is 0.202. The first-order chi connectivity index (χ1) is 10.7. The van der Waals surface area contributed by atoms with Gasteiger partial charge >= 0.3 is 0 Å². The fourth-order valence-electron chi connectivity index (χ4n) is 1.92. The van der Waals surface area contributed by atoms with Crippen LogP contribution in [0.5, 0.6) is 11.5 Å². The van der Waals surface area contributed by atoms with E-state index in [1.165, 1.54) is 0 Å². The highest BCUT2D eigenvalue weighted by molar-refractivity contribution is 6.01. The quantitative estimate of drug-likeness (QED) is 0.558. The number of ether oxygens (including phenoxy) is 2. The number of benzene rings is 2. The Hall–Kier alpha value is -2.69. The number of rotatable bonds is 6. The van der Waals surface area contributed by atoms with Crippen LogP contribution in [0.15, 0.2) is 48.5 Å². The van der Waals surface area contributed by atoms with E-state index >= 15 is 0 Å². The molecule has 0 spiro atoms. The van der Waals surface area contributed by atoms with E-state index in [0.717, 1.165) is 22.9 Å². The molecular weight excluding hydrogens is 278 g/mol. The lowest BCUT2D eigenvalue weighted by Gasteiger charge is -2.11. The second-order valence-corrected chi connectivity index (χ2v) is 4.54. The van der Waals surface area contributed by atoms with Crippen LogP contribution in [0.25, 0.3) is 0 Å². The van der Waals surface area contributed by atoms with Crippen LogP contribution < -0.4 is 20.1 Å². The van der Waals surface area contributed by atoms with E-state index in [2.05, 4.69) is 10.6 Å². The molecule has 5 heteroatoms. The molecule has 0 aliphatic carbocycles. The summed E-state index contributed by atoms with van der Waals surface area (Å²) in [4.78, 5) is 0. The van der Waals surface area contributed by atoms with Gasteiger partial charge in [0.15, 0.2) is 5.96 Å². The Balaban J connectivity index is 1.89. The summed E-state index contributed by atoms with van der Waals surface area (Å²) in [6, 6.07) is 15.0. The Morgan fingerprint density at radius 3 is 1.45 bits per heavy atom. The molecule has 0 saturated carbocycles. The highest BCUT2D eigenvalue weighted by Gasteiger charge is 2.00. The van der Waals surface area contributed by atoms with Gasteiger partial charge in [-0.2, -0.15) is 0 Å². The fourth-order valence-corrected chi connectivity index (χ4v) is 1.92. The van der Waals surface area contributed by atoms with E-state index in [1.807, 2.05) is 62.4 Å². The summed E-state index contributed by atoms with van der Waals surface area (Å²) >= 11 is 0. The van der Waals surface area contributed by atoms with E-state index in [9.17, 15) is 0 Å². The summed E-state index contributed by atoms with van der Waals surface area (Å²) in [7, 11) is 0. The third-order valence-corrected chi connectivity index (χ3v) is 2.87. The second kappa shape index (κ2) is 7.93. The third-order valence-electron chi connectivity index (χ3n) is 2.87. The molecule has 2 rings (SSSR count). The normalized spacial score (nSPS) is 9.91. The van der Waals surface area contributed by atoms with Gasteiger partial charge in [0.25, 0.3) is 0 Å². The highest BCUT2D eigenvalue weighted by Crippen LogP contribution is 2.17. The third kappa shape index (κ3) is 4.70. The molecule has 0 fully saturated rings. The molecular formula is C17H21N3O2. The largest absolute Gasteiger partial charge is 0.494 e. The minimum Gasteiger partial charge on any atom is -0.494 e. The minimum absolute atomic E-state index is 0.202. The lowest BCUT2D eigenvalue weighted by molar-refractivity contribution is 0.340. The van der Waals surface area contributed by atoms with Crippen LogP contribution in [0, 0.1) is 5.41 Å². The molecule has 116 valence electrons. The second-order valence-electron chi connectivity index (χ2n) is 4.54. The SMILES string of the molecule is CCOc1ccc(NC(=N)Nc2ccc(OCC)cc2)cc1. The Morgan fingerprint density at radius 2 is 1.14 bits per heavy atom. The van der Waals surface area contributed by atoms with Crippen LogP contribution in [0.3, 0.4) is 0 Å². The maximum Gasteiger partial charge on any atom is 0.197 e.